The Bertz CT molecular complexity index is 500. The van der Waals surface area contributed by atoms with Crippen molar-refractivity contribution in [3.8, 4) is 0 Å². The van der Waals surface area contributed by atoms with E-state index < -0.39 is 0 Å². The number of hydrogen-bond acceptors (Lipinski definition) is 3. The molecule has 114 valence electrons. The smallest absolute Gasteiger partial charge is 0.306 e. The molecule has 21 heavy (non-hydrogen) atoms. The Morgan fingerprint density at radius 3 is 3.05 bits per heavy atom. The summed E-state index contributed by atoms with van der Waals surface area (Å²) in [6, 6.07) is 8.26. The van der Waals surface area contributed by atoms with Crippen molar-refractivity contribution < 1.29 is 9.53 Å². The van der Waals surface area contributed by atoms with Crippen LogP contribution in [0.15, 0.2) is 24.3 Å². The molecule has 1 heterocycles. The molecule has 3 heteroatoms. The van der Waals surface area contributed by atoms with Crippen LogP contribution in [0.1, 0.15) is 56.9 Å². The second-order valence-corrected chi connectivity index (χ2v) is 6.42. The first-order chi connectivity index (χ1) is 10.3. The molecule has 1 fully saturated rings. The number of nitrogens with one attached hydrogen (secondary N) is 1. The van der Waals surface area contributed by atoms with E-state index in [0.29, 0.717) is 6.42 Å². The van der Waals surface area contributed by atoms with E-state index in [1.54, 1.807) is 0 Å². The summed E-state index contributed by atoms with van der Waals surface area (Å²) < 4.78 is 5.73. The molecular weight excluding hydrogens is 262 g/mol. The van der Waals surface area contributed by atoms with Gasteiger partial charge in [-0.15, -0.1) is 0 Å². The van der Waals surface area contributed by atoms with Crippen molar-refractivity contribution in [2.45, 2.75) is 57.5 Å². The monoisotopic (exact) mass is 287 g/mol. The minimum atomic E-state index is -0.0275. The van der Waals surface area contributed by atoms with E-state index in [-0.39, 0.29) is 18.0 Å². The zero-order valence-electron chi connectivity index (χ0n) is 12.8. The van der Waals surface area contributed by atoms with Gasteiger partial charge in [-0.05, 0) is 36.8 Å². The molecule has 1 saturated carbocycles. The number of benzene rings is 1. The molecule has 0 amide bonds. The summed E-state index contributed by atoms with van der Waals surface area (Å²) in [7, 11) is 0. The van der Waals surface area contributed by atoms with Gasteiger partial charge in [0.25, 0.3) is 0 Å². The van der Waals surface area contributed by atoms with Gasteiger partial charge in [0.15, 0.2) is 0 Å². The van der Waals surface area contributed by atoms with Crippen molar-refractivity contribution in [1.29, 1.82) is 0 Å². The van der Waals surface area contributed by atoms with Gasteiger partial charge in [0.1, 0.15) is 6.10 Å². The van der Waals surface area contributed by atoms with Gasteiger partial charge in [0.2, 0.25) is 0 Å². The Balaban J connectivity index is 1.53. The molecule has 3 atom stereocenters. The van der Waals surface area contributed by atoms with Gasteiger partial charge in [-0.25, -0.2) is 0 Å². The lowest BCUT2D eigenvalue weighted by Gasteiger charge is -2.28. The van der Waals surface area contributed by atoms with Crippen LogP contribution in [0.25, 0.3) is 0 Å². The van der Waals surface area contributed by atoms with E-state index in [1.165, 1.54) is 30.5 Å². The Morgan fingerprint density at radius 2 is 2.19 bits per heavy atom. The molecule has 0 bridgehead atoms. The standard InChI is InChI=1S/C18H25NO2/c1-2-13-6-5-7-15(10-13)21-18(20)11-14-12-19-17-9-4-3-8-16(14)17/h3-4,8-9,13-15,19H,2,5-7,10-12H2,1H3. The lowest BCUT2D eigenvalue weighted by Crippen LogP contribution is -2.26. The molecule has 1 aromatic carbocycles. The molecule has 1 aliphatic carbocycles. The molecule has 3 nitrogen and oxygen atoms in total. The van der Waals surface area contributed by atoms with Crippen LogP contribution in [-0.2, 0) is 9.53 Å². The molecule has 1 aliphatic heterocycles. The van der Waals surface area contributed by atoms with Crippen LogP contribution in [0.5, 0.6) is 0 Å². The number of carbonyl (C=O) groups excluding carboxylic acids is 1. The Kier molecular flexibility index (Phi) is 4.47. The highest BCUT2D eigenvalue weighted by atomic mass is 16.5. The third kappa shape index (κ3) is 3.39. The molecule has 3 rings (SSSR count). The quantitative estimate of drug-likeness (QED) is 0.847. The topological polar surface area (TPSA) is 38.3 Å². The van der Waals surface area contributed by atoms with Gasteiger partial charge in [0.05, 0.1) is 6.42 Å². The second kappa shape index (κ2) is 6.50. The largest absolute Gasteiger partial charge is 0.462 e. The Morgan fingerprint density at radius 1 is 1.33 bits per heavy atom. The van der Waals surface area contributed by atoms with Gasteiger partial charge in [-0.2, -0.15) is 0 Å². The maximum Gasteiger partial charge on any atom is 0.306 e. The number of fused-ring (bicyclic) bond motifs is 1. The third-order valence-electron chi connectivity index (χ3n) is 4.96. The lowest BCUT2D eigenvalue weighted by atomic mass is 9.85. The zero-order valence-corrected chi connectivity index (χ0v) is 12.8. The zero-order chi connectivity index (χ0) is 14.7. The van der Waals surface area contributed by atoms with Crippen LogP contribution in [0.2, 0.25) is 0 Å². The van der Waals surface area contributed by atoms with Gasteiger partial charge in [-0.3, -0.25) is 4.79 Å². The molecule has 2 aliphatic rings. The van der Waals surface area contributed by atoms with Crippen LogP contribution >= 0.6 is 0 Å². The van der Waals surface area contributed by atoms with Crippen LogP contribution in [0, 0.1) is 5.92 Å². The van der Waals surface area contributed by atoms with Crippen LogP contribution in [0.4, 0.5) is 5.69 Å². The fourth-order valence-electron chi connectivity index (χ4n) is 3.69. The second-order valence-electron chi connectivity index (χ2n) is 6.42. The first kappa shape index (κ1) is 14.4. The van der Waals surface area contributed by atoms with Crippen molar-refractivity contribution in [1.82, 2.24) is 0 Å². The van der Waals surface area contributed by atoms with Crippen molar-refractivity contribution in [2.24, 2.45) is 5.92 Å². The summed E-state index contributed by atoms with van der Waals surface area (Å²) in [4.78, 5) is 12.2. The normalized spacial score (nSPS) is 27.8. The predicted molar refractivity (Wildman–Crippen MR) is 84.4 cm³/mol. The molecule has 3 unspecified atom stereocenters. The number of hydrogen-bond donors (Lipinski definition) is 1. The molecule has 0 radical (unpaired) electrons. The van der Waals surface area contributed by atoms with Crippen molar-refractivity contribution in [3.63, 3.8) is 0 Å². The van der Waals surface area contributed by atoms with E-state index in [0.717, 1.165) is 25.3 Å². The SMILES string of the molecule is CCC1CCCC(OC(=O)CC2CNc3ccccc32)C1. The lowest BCUT2D eigenvalue weighted by molar-refractivity contribution is -0.151. The summed E-state index contributed by atoms with van der Waals surface area (Å²) in [5.41, 5.74) is 2.42. The molecule has 0 aromatic heterocycles. The highest BCUT2D eigenvalue weighted by Gasteiger charge is 2.28. The summed E-state index contributed by atoms with van der Waals surface area (Å²) in [6.45, 7) is 3.08. The van der Waals surface area contributed by atoms with Crippen LogP contribution in [0.3, 0.4) is 0 Å². The van der Waals surface area contributed by atoms with Gasteiger partial charge in [0, 0.05) is 18.2 Å². The summed E-state index contributed by atoms with van der Waals surface area (Å²) in [5.74, 6) is 0.977. The van der Waals surface area contributed by atoms with Gasteiger partial charge in [-0.1, -0.05) is 38.0 Å². The summed E-state index contributed by atoms with van der Waals surface area (Å²) in [5, 5.41) is 3.37. The van der Waals surface area contributed by atoms with Gasteiger partial charge >= 0.3 is 5.97 Å². The highest BCUT2D eigenvalue weighted by molar-refractivity contribution is 5.72. The minimum absolute atomic E-state index is 0.0275. The average Bonchev–Trinajstić information content (AvgIpc) is 2.91. The number of para-hydroxylation sites is 1. The molecular formula is C18H25NO2. The molecule has 1 N–H and O–H groups in total. The summed E-state index contributed by atoms with van der Waals surface area (Å²) in [6.07, 6.45) is 6.45. The Labute approximate surface area is 127 Å². The number of anilines is 1. The third-order valence-corrected chi connectivity index (χ3v) is 4.96. The highest BCUT2D eigenvalue weighted by Crippen LogP contribution is 2.34. The van der Waals surface area contributed by atoms with E-state index in [4.69, 9.17) is 4.74 Å². The average molecular weight is 287 g/mol. The van der Waals surface area contributed by atoms with Crippen molar-refractivity contribution >= 4 is 11.7 Å². The fourth-order valence-corrected chi connectivity index (χ4v) is 3.69. The number of esters is 1. The van der Waals surface area contributed by atoms with Crippen LogP contribution < -0.4 is 5.32 Å². The first-order valence-electron chi connectivity index (χ1n) is 8.28. The maximum absolute atomic E-state index is 12.2. The van der Waals surface area contributed by atoms with E-state index >= 15 is 0 Å². The minimum Gasteiger partial charge on any atom is -0.462 e. The molecule has 0 spiro atoms. The maximum atomic E-state index is 12.2. The molecule has 0 saturated heterocycles. The summed E-state index contributed by atoms with van der Waals surface area (Å²) >= 11 is 0. The fraction of sp³-hybridized carbons (Fsp3) is 0.611. The molecule has 1 aromatic rings. The van der Waals surface area contributed by atoms with E-state index in [9.17, 15) is 4.79 Å². The van der Waals surface area contributed by atoms with Crippen LogP contribution in [-0.4, -0.2) is 18.6 Å². The first-order valence-corrected chi connectivity index (χ1v) is 8.28. The van der Waals surface area contributed by atoms with Crippen molar-refractivity contribution in [3.05, 3.63) is 29.8 Å². The predicted octanol–water partition coefficient (Wildman–Crippen LogP) is 4.10. The number of rotatable bonds is 4. The van der Waals surface area contributed by atoms with Crippen molar-refractivity contribution in [2.75, 3.05) is 11.9 Å². The van der Waals surface area contributed by atoms with Gasteiger partial charge < -0.3 is 10.1 Å². The Hall–Kier alpha value is -1.51. The van der Waals surface area contributed by atoms with E-state index in [2.05, 4.69) is 24.4 Å². The van der Waals surface area contributed by atoms with E-state index in [1.807, 2.05) is 12.1 Å². The number of carbonyl (C=O) groups is 1. The number of ether oxygens (including phenoxy) is 1.